The molecule has 3 aliphatic rings. The highest BCUT2D eigenvalue weighted by Crippen LogP contribution is 2.28. The molecule has 0 radical (unpaired) electrons. The van der Waals surface area contributed by atoms with Crippen LogP contribution in [0.1, 0.15) is 25.3 Å². The van der Waals surface area contributed by atoms with Crippen LogP contribution in [0, 0.1) is 0 Å². The molecule has 1 unspecified atom stereocenters. The molecule has 1 amide bonds. The van der Waals surface area contributed by atoms with E-state index in [0.29, 0.717) is 32.2 Å². The van der Waals surface area contributed by atoms with Gasteiger partial charge in [0.15, 0.2) is 0 Å². The maximum atomic E-state index is 11.8. The average molecular weight is 306 g/mol. The fourth-order valence-electron chi connectivity index (χ4n) is 3.56. The van der Waals surface area contributed by atoms with E-state index in [2.05, 4.69) is 10.00 Å². The zero-order valence-electron chi connectivity index (χ0n) is 12.6. The number of anilines is 1. The largest absolute Gasteiger partial charge is 0.386 e. The van der Waals surface area contributed by atoms with Gasteiger partial charge in [-0.1, -0.05) is 0 Å². The first-order valence-electron chi connectivity index (χ1n) is 8.00. The lowest BCUT2D eigenvalue weighted by molar-refractivity contribution is -0.117. The molecule has 22 heavy (non-hydrogen) atoms. The molecule has 3 saturated heterocycles. The van der Waals surface area contributed by atoms with Crippen LogP contribution in [0.3, 0.4) is 0 Å². The van der Waals surface area contributed by atoms with Gasteiger partial charge >= 0.3 is 0 Å². The van der Waals surface area contributed by atoms with Crippen molar-refractivity contribution in [2.75, 3.05) is 44.3 Å². The Hall–Kier alpha value is -1.44. The molecule has 0 aromatic carbocycles. The van der Waals surface area contributed by atoms with Crippen molar-refractivity contribution in [1.29, 1.82) is 0 Å². The number of ether oxygens (including phenoxy) is 1. The number of carbonyl (C=O) groups excluding carboxylic acids is 1. The summed E-state index contributed by atoms with van der Waals surface area (Å²) in [4.78, 5) is 15.8. The molecule has 1 atom stereocenters. The number of likely N-dealkylation sites (tertiary alicyclic amines) is 1. The topological polar surface area (TPSA) is 70.8 Å². The third kappa shape index (κ3) is 2.53. The minimum absolute atomic E-state index is 0.193. The smallest absolute Gasteiger partial charge is 0.227 e. The highest BCUT2D eigenvalue weighted by molar-refractivity contribution is 5.95. The monoisotopic (exact) mass is 306 g/mol. The van der Waals surface area contributed by atoms with E-state index >= 15 is 0 Å². The van der Waals surface area contributed by atoms with Crippen molar-refractivity contribution in [3.8, 4) is 0 Å². The fourth-order valence-corrected chi connectivity index (χ4v) is 3.56. The quantitative estimate of drug-likeness (QED) is 0.849. The zero-order valence-corrected chi connectivity index (χ0v) is 12.6. The summed E-state index contributed by atoms with van der Waals surface area (Å²) in [5.41, 5.74) is 0.228. The minimum atomic E-state index is -0.678. The Kier molecular flexibility index (Phi) is 3.43. The van der Waals surface area contributed by atoms with Crippen LogP contribution in [0.15, 0.2) is 12.4 Å². The molecule has 0 aliphatic carbocycles. The lowest BCUT2D eigenvalue weighted by atomic mass is 9.99. The van der Waals surface area contributed by atoms with Gasteiger partial charge in [0.05, 0.1) is 24.5 Å². The van der Waals surface area contributed by atoms with Gasteiger partial charge < -0.3 is 14.7 Å². The van der Waals surface area contributed by atoms with E-state index in [-0.39, 0.29) is 5.91 Å². The van der Waals surface area contributed by atoms with Crippen molar-refractivity contribution in [3.63, 3.8) is 0 Å². The van der Waals surface area contributed by atoms with Crippen LogP contribution in [0.2, 0.25) is 0 Å². The van der Waals surface area contributed by atoms with Gasteiger partial charge in [-0.25, -0.2) is 0 Å². The molecule has 1 N–H and O–H groups in total. The molecule has 4 rings (SSSR count). The van der Waals surface area contributed by atoms with Crippen LogP contribution in [0.4, 0.5) is 5.69 Å². The van der Waals surface area contributed by atoms with E-state index < -0.39 is 5.60 Å². The molecule has 0 spiro atoms. The van der Waals surface area contributed by atoms with Crippen LogP contribution < -0.4 is 4.90 Å². The first-order chi connectivity index (χ1) is 10.6. The van der Waals surface area contributed by atoms with Crippen LogP contribution in [-0.2, 0) is 9.53 Å². The second-order valence-electron chi connectivity index (χ2n) is 6.70. The summed E-state index contributed by atoms with van der Waals surface area (Å²) >= 11 is 0. The second-order valence-corrected chi connectivity index (χ2v) is 6.70. The number of hydrogen-bond donors (Lipinski definition) is 1. The van der Waals surface area contributed by atoms with E-state index in [0.717, 1.165) is 38.2 Å². The Balaban J connectivity index is 1.33. The van der Waals surface area contributed by atoms with Gasteiger partial charge in [-0.15, -0.1) is 0 Å². The van der Waals surface area contributed by atoms with Crippen LogP contribution in [-0.4, -0.2) is 70.7 Å². The van der Waals surface area contributed by atoms with Crippen molar-refractivity contribution >= 4 is 11.6 Å². The zero-order chi connectivity index (χ0) is 15.2. The number of aromatic nitrogens is 2. The van der Waals surface area contributed by atoms with E-state index in [1.54, 1.807) is 6.20 Å². The van der Waals surface area contributed by atoms with E-state index in [9.17, 15) is 9.90 Å². The molecule has 0 saturated carbocycles. The highest BCUT2D eigenvalue weighted by Gasteiger charge is 2.39. The third-order valence-electron chi connectivity index (χ3n) is 4.89. The molecule has 0 bridgehead atoms. The van der Waals surface area contributed by atoms with Crippen molar-refractivity contribution in [3.05, 3.63) is 12.4 Å². The SMILES string of the molecule is O=C1CCCN1c1cnn(C2CN(CC3(O)CCOC3)C2)c1. The number of rotatable bonds is 4. The van der Waals surface area contributed by atoms with Gasteiger partial charge in [0.2, 0.25) is 5.91 Å². The van der Waals surface area contributed by atoms with Gasteiger partial charge in [0, 0.05) is 51.8 Å². The summed E-state index contributed by atoms with van der Waals surface area (Å²) < 4.78 is 7.23. The molecular formula is C15H22N4O3. The summed E-state index contributed by atoms with van der Waals surface area (Å²) in [6.45, 7) is 4.34. The number of hydrogen-bond acceptors (Lipinski definition) is 5. The van der Waals surface area contributed by atoms with Gasteiger partial charge in [-0.3, -0.25) is 14.4 Å². The summed E-state index contributed by atoms with van der Waals surface area (Å²) in [7, 11) is 0. The molecular weight excluding hydrogens is 284 g/mol. The Morgan fingerprint density at radius 1 is 1.45 bits per heavy atom. The predicted molar refractivity (Wildman–Crippen MR) is 79.7 cm³/mol. The first-order valence-corrected chi connectivity index (χ1v) is 8.00. The molecule has 1 aromatic rings. The normalized spacial score (nSPS) is 30.2. The Morgan fingerprint density at radius 3 is 3.00 bits per heavy atom. The Labute approximate surface area is 129 Å². The molecule has 1 aromatic heterocycles. The fraction of sp³-hybridized carbons (Fsp3) is 0.733. The number of nitrogens with zero attached hydrogens (tertiary/aromatic N) is 4. The summed E-state index contributed by atoms with van der Waals surface area (Å²) in [5.74, 6) is 0.193. The van der Waals surface area contributed by atoms with Gasteiger partial charge in [0.25, 0.3) is 0 Å². The lowest BCUT2D eigenvalue weighted by Gasteiger charge is -2.42. The minimum Gasteiger partial charge on any atom is -0.386 e. The second kappa shape index (κ2) is 5.33. The lowest BCUT2D eigenvalue weighted by Crippen LogP contribution is -2.54. The molecule has 120 valence electrons. The maximum Gasteiger partial charge on any atom is 0.227 e. The third-order valence-corrected chi connectivity index (χ3v) is 4.89. The Morgan fingerprint density at radius 2 is 2.32 bits per heavy atom. The van der Waals surface area contributed by atoms with Crippen molar-refractivity contribution in [1.82, 2.24) is 14.7 Å². The van der Waals surface area contributed by atoms with E-state index in [1.165, 1.54) is 0 Å². The number of carbonyl (C=O) groups is 1. The van der Waals surface area contributed by atoms with Crippen LogP contribution in [0.25, 0.3) is 0 Å². The van der Waals surface area contributed by atoms with Crippen molar-refractivity contribution < 1.29 is 14.6 Å². The van der Waals surface area contributed by atoms with Gasteiger partial charge in [-0.2, -0.15) is 5.10 Å². The first kappa shape index (κ1) is 14.2. The average Bonchev–Trinajstić information content (AvgIpc) is 3.15. The highest BCUT2D eigenvalue weighted by atomic mass is 16.5. The standard InChI is InChI=1S/C15H22N4O3/c20-14-2-1-4-18(14)12-6-16-19(9-12)13-7-17(8-13)10-15(21)3-5-22-11-15/h6,9,13,21H,1-5,7-8,10-11H2. The number of aliphatic hydroxyl groups is 1. The predicted octanol–water partition coefficient (Wildman–Crippen LogP) is 0.0180. The number of β-amino-alcohol motifs (C(OH)–C–C–N with tert-alkyl or cyclic N) is 1. The van der Waals surface area contributed by atoms with Crippen molar-refractivity contribution in [2.45, 2.75) is 30.9 Å². The van der Waals surface area contributed by atoms with E-state index in [1.807, 2.05) is 15.8 Å². The molecule has 7 heteroatoms. The molecule has 7 nitrogen and oxygen atoms in total. The summed E-state index contributed by atoms with van der Waals surface area (Å²) in [6.07, 6.45) is 6.05. The summed E-state index contributed by atoms with van der Waals surface area (Å²) in [5, 5.41) is 14.7. The van der Waals surface area contributed by atoms with E-state index in [4.69, 9.17) is 4.74 Å². The number of amides is 1. The summed E-state index contributed by atoms with van der Waals surface area (Å²) in [6, 6.07) is 0.331. The molecule has 3 aliphatic heterocycles. The van der Waals surface area contributed by atoms with Gasteiger partial charge in [-0.05, 0) is 6.42 Å². The van der Waals surface area contributed by atoms with Crippen LogP contribution in [0.5, 0.6) is 0 Å². The van der Waals surface area contributed by atoms with Crippen molar-refractivity contribution in [2.24, 2.45) is 0 Å². The molecule has 3 fully saturated rings. The maximum absolute atomic E-state index is 11.8. The molecule has 4 heterocycles. The van der Waals surface area contributed by atoms with Crippen LogP contribution >= 0.6 is 0 Å². The van der Waals surface area contributed by atoms with Gasteiger partial charge in [0.1, 0.15) is 5.60 Å². The Bertz CT molecular complexity index is 561.